The number of hydrogen-bond donors (Lipinski definition) is 3. The zero-order valence-electron chi connectivity index (χ0n) is 22.4. The molecule has 0 aliphatic heterocycles. The Balaban J connectivity index is 1.68. The number of methoxy groups -OCH3 is 1. The summed E-state index contributed by atoms with van der Waals surface area (Å²) >= 11 is 0. The molecule has 2 atom stereocenters. The second kappa shape index (κ2) is 12.6. The Morgan fingerprint density at radius 2 is 1.78 bits per heavy atom. The van der Waals surface area contributed by atoms with Crippen molar-refractivity contribution in [1.29, 1.82) is 0 Å². The average Bonchev–Trinajstić information content (AvgIpc) is 3.34. The van der Waals surface area contributed by atoms with Crippen LogP contribution in [0.5, 0.6) is 11.5 Å². The number of carbonyl (C=O) groups is 3. The first-order valence-electron chi connectivity index (χ1n) is 13.5. The molecule has 2 aliphatic rings. The van der Waals surface area contributed by atoms with E-state index in [0.717, 1.165) is 25.3 Å². The minimum Gasteiger partial charge on any atom is -0.496 e. The predicted octanol–water partition coefficient (Wildman–Crippen LogP) is 4.70. The number of nitrogens with one attached hydrogen (secondary N) is 2. The lowest BCUT2D eigenvalue weighted by molar-refractivity contribution is -0.150. The van der Waals surface area contributed by atoms with Gasteiger partial charge in [-0.15, -0.1) is 0 Å². The largest absolute Gasteiger partial charge is 0.496 e. The standard InChI is InChI=1S/C28H41FN2O6/c1-5-17(6-2)16-30-25(32)19-8-7-9-22(19)31-26(33)20-14-24(21(29)15-23(20)36-4)37-18-10-12-28(3,13-11-18)27(34)35/h14-15,17-19,22H,5-13,16H2,1-4H3,(H,30,32)(H,31,33)(H,34,35). The maximum atomic E-state index is 14.8. The Morgan fingerprint density at radius 1 is 1.11 bits per heavy atom. The summed E-state index contributed by atoms with van der Waals surface area (Å²) < 4.78 is 26.0. The minimum atomic E-state index is -0.838. The van der Waals surface area contributed by atoms with Crippen molar-refractivity contribution in [2.75, 3.05) is 13.7 Å². The van der Waals surface area contributed by atoms with Gasteiger partial charge in [0.2, 0.25) is 5.91 Å². The van der Waals surface area contributed by atoms with Gasteiger partial charge in [0.25, 0.3) is 5.91 Å². The van der Waals surface area contributed by atoms with Crippen LogP contribution in [-0.4, -0.2) is 48.7 Å². The van der Waals surface area contributed by atoms with Gasteiger partial charge in [0, 0.05) is 18.7 Å². The summed E-state index contributed by atoms with van der Waals surface area (Å²) in [6.07, 6.45) is 5.69. The Bertz CT molecular complexity index is 972. The van der Waals surface area contributed by atoms with Crippen LogP contribution >= 0.6 is 0 Å². The van der Waals surface area contributed by atoms with Crippen LogP contribution in [0, 0.1) is 23.1 Å². The van der Waals surface area contributed by atoms with E-state index in [1.165, 1.54) is 13.2 Å². The molecule has 1 aromatic rings. The molecule has 3 rings (SSSR count). The second-order valence-electron chi connectivity index (χ2n) is 10.7. The lowest BCUT2D eigenvalue weighted by Crippen LogP contribution is -2.45. The maximum Gasteiger partial charge on any atom is 0.309 e. The molecule has 0 aromatic heterocycles. The molecule has 2 amide bonds. The van der Waals surface area contributed by atoms with Crippen LogP contribution in [0.3, 0.4) is 0 Å². The number of carboxylic acid groups (broad SMARTS) is 1. The first kappa shape index (κ1) is 28.7. The predicted molar refractivity (Wildman–Crippen MR) is 137 cm³/mol. The summed E-state index contributed by atoms with van der Waals surface area (Å²) in [6, 6.07) is 2.15. The number of benzene rings is 1. The third-order valence-corrected chi connectivity index (χ3v) is 8.23. The highest BCUT2D eigenvalue weighted by atomic mass is 19.1. The van der Waals surface area contributed by atoms with Gasteiger partial charge in [-0.2, -0.15) is 0 Å². The number of aliphatic carboxylic acids is 1. The fourth-order valence-electron chi connectivity index (χ4n) is 5.36. The molecule has 2 saturated carbocycles. The van der Waals surface area contributed by atoms with E-state index in [4.69, 9.17) is 9.47 Å². The fraction of sp³-hybridized carbons (Fsp3) is 0.679. The van der Waals surface area contributed by atoms with Crippen molar-refractivity contribution in [2.45, 2.75) is 90.7 Å². The highest BCUT2D eigenvalue weighted by molar-refractivity contribution is 5.98. The van der Waals surface area contributed by atoms with Gasteiger partial charge in [-0.3, -0.25) is 14.4 Å². The number of ether oxygens (including phenoxy) is 2. The molecule has 0 bridgehead atoms. The number of carboxylic acids is 1. The van der Waals surface area contributed by atoms with Crippen molar-refractivity contribution in [1.82, 2.24) is 10.6 Å². The van der Waals surface area contributed by atoms with E-state index in [1.54, 1.807) is 6.92 Å². The summed E-state index contributed by atoms with van der Waals surface area (Å²) in [6.45, 7) is 6.55. The lowest BCUT2D eigenvalue weighted by Gasteiger charge is -2.34. The SMILES string of the molecule is CCC(CC)CNC(=O)C1CCCC1NC(=O)c1cc(OC2CCC(C)(C(=O)O)CC2)c(F)cc1OC. The number of carbonyl (C=O) groups excluding carboxylic acids is 2. The molecule has 37 heavy (non-hydrogen) atoms. The summed E-state index contributed by atoms with van der Waals surface area (Å²) in [5.74, 6) is -1.86. The van der Waals surface area contributed by atoms with Crippen LogP contribution in [0.4, 0.5) is 4.39 Å². The number of amides is 2. The van der Waals surface area contributed by atoms with E-state index in [1.807, 2.05) is 0 Å². The number of halogens is 1. The van der Waals surface area contributed by atoms with Gasteiger partial charge < -0.3 is 25.2 Å². The second-order valence-corrected chi connectivity index (χ2v) is 10.7. The molecule has 2 aliphatic carbocycles. The Morgan fingerprint density at radius 3 is 2.38 bits per heavy atom. The quantitative estimate of drug-likeness (QED) is 0.390. The van der Waals surface area contributed by atoms with Crippen molar-refractivity contribution in [3.63, 3.8) is 0 Å². The molecule has 3 N–H and O–H groups in total. The van der Waals surface area contributed by atoms with Gasteiger partial charge in [0.1, 0.15) is 5.75 Å². The first-order chi connectivity index (χ1) is 17.6. The average molecular weight is 521 g/mol. The fourth-order valence-corrected chi connectivity index (χ4v) is 5.36. The molecule has 9 heteroatoms. The van der Waals surface area contributed by atoms with Gasteiger partial charge in [0.05, 0.1) is 30.1 Å². The van der Waals surface area contributed by atoms with Gasteiger partial charge >= 0.3 is 5.97 Å². The molecule has 0 saturated heterocycles. The minimum absolute atomic E-state index is 0.0459. The third-order valence-electron chi connectivity index (χ3n) is 8.23. The smallest absolute Gasteiger partial charge is 0.309 e. The summed E-state index contributed by atoms with van der Waals surface area (Å²) in [5, 5.41) is 15.4. The zero-order chi connectivity index (χ0) is 27.2. The van der Waals surface area contributed by atoms with E-state index < -0.39 is 23.1 Å². The third kappa shape index (κ3) is 6.93. The van der Waals surface area contributed by atoms with Crippen LogP contribution in [0.25, 0.3) is 0 Å². The van der Waals surface area contributed by atoms with E-state index in [0.29, 0.717) is 51.0 Å². The Hall–Kier alpha value is -2.84. The molecule has 206 valence electrons. The number of rotatable bonds is 11. The van der Waals surface area contributed by atoms with Gasteiger partial charge in [-0.1, -0.05) is 33.1 Å². The molecule has 8 nitrogen and oxygen atoms in total. The topological polar surface area (TPSA) is 114 Å². The summed E-state index contributed by atoms with van der Waals surface area (Å²) in [5.41, 5.74) is -0.672. The van der Waals surface area contributed by atoms with Crippen molar-refractivity contribution >= 4 is 17.8 Å². The van der Waals surface area contributed by atoms with Gasteiger partial charge in [0.15, 0.2) is 11.6 Å². The van der Waals surface area contributed by atoms with Crippen molar-refractivity contribution in [3.05, 3.63) is 23.5 Å². The van der Waals surface area contributed by atoms with Crippen LogP contribution in [0.15, 0.2) is 12.1 Å². The summed E-state index contributed by atoms with van der Waals surface area (Å²) in [7, 11) is 1.36. The first-order valence-corrected chi connectivity index (χ1v) is 13.5. The molecule has 0 heterocycles. The highest BCUT2D eigenvalue weighted by Crippen LogP contribution is 2.38. The van der Waals surface area contributed by atoms with Crippen LogP contribution < -0.4 is 20.1 Å². The van der Waals surface area contributed by atoms with Crippen molar-refractivity contribution < 1.29 is 33.4 Å². The van der Waals surface area contributed by atoms with Crippen LogP contribution in [0.1, 0.15) is 88.9 Å². The maximum absolute atomic E-state index is 14.8. The molecule has 2 unspecified atom stereocenters. The van der Waals surface area contributed by atoms with E-state index in [9.17, 15) is 23.9 Å². The molecule has 1 aromatic carbocycles. The molecule has 2 fully saturated rings. The van der Waals surface area contributed by atoms with Gasteiger partial charge in [-0.05, 0) is 57.4 Å². The normalized spacial score (nSPS) is 25.5. The van der Waals surface area contributed by atoms with Crippen LogP contribution in [-0.2, 0) is 9.59 Å². The van der Waals surface area contributed by atoms with E-state index >= 15 is 0 Å². The van der Waals surface area contributed by atoms with Crippen molar-refractivity contribution in [3.8, 4) is 11.5 Å². The van der Waals surface area contributed by atoms with Gasteiger partial charge in [-0.25, -0.2) is 4.39 Å². The molecular formula is C28H41FN2O6. The molecule has 0 radical (unpaired) electrons. The van der Waals surface area contributed by atoms with Crippen molar-refractivity contribution in [2.24, 2.45) is 17.3 Å². The lowest BCUT2D eigenvalue weighted by atomic mass is 9.75. The monoisotopic (exact) mass is 520 g/mol. The highest BCUT2D eigenvalue weighted by Gasteiger charge is 2.39. The summed E-state index contributed by atoms with van der Waals surface area (Å²) in [4.78, 5) is 37.6. The molecular weight excluding hydrogens is 479 g/mol. The Kier molecular flexibility index (Phi) is 9.79. The van der Waals surface area contributed by atoms with Crippen LogP contribution in [0.2, 0.25) is 0 Å². The van der Waals surface area contributed by atoms with E-state index in [2.05, 4.69) is 24.5 Å². The zero-order valence-corrected chi connectivity index (χ0v) is 22.4. The molecule has 0 spiro atoms. The number of hydrogen-bond acceptors (Lipinski definition) is 5. The Labute approximate surface area is 218 Å². The van der Waals surface area contributed by atoms with E-state index in [-0.39, 0.29) is 41.0 Å².